The molecule has 0 saturated heterocycles. The number of hydrogen-bond donors (Lipinski definition) is 1. The van der Waals surface area contributed by atoms with Gasteiger partial charge in [0.2, 0.25) is 0 Å². The zero-order valence-electron chi connectivity index (χ0n) is 9.92. The predicted octanol–water partition coefficient (Wildman–Crippen LogP) is 3.20. The van der Waals surface area contributed by atoms with Crippen LogP contribution in [0, 0.1) is 13.8 Å². The topological polar surface area (TPSA) is 37.3 Å². The Morgan fingerprint density at radius 3 is 2.25 bits per heavy atom. The molecule has 0 atom stereocenters. The summed E-state index contributed by atoms with van der Waals surface area (Å²) in [4.78, 5) is 11.0. The molecule has 2 heteroatoms. The highest BCUT2D eigenvalue weighted by atomic mass is 16.4. The van der Waals surface area contributed by atoms with Crippen LogP contribution in [0.5, 0.6) is 0 Å². The van der Waals surface area contributed by atoms with Gasteiger partial charge in [0.05, 0.1) is 6.42 Å². The summed E-state index contributed by atoms with van der Waals surface area (Å²) in [6, 6.07) is 6.22. The Morgan fingerprint density at radius 1 is 1.31 bits per heavy atom. The third kappa shape index (κ3) is 1.73. The van der Waals surface area contributed by atoms with Crippen LogP contribution in [0.15, 0.2) is 18.2 Å². The molecule has 0 amide bonds. The lowest BCUT2D eigenvalue weighted by Crippen LogP contribution is -2.38. The van der Waals surface area contributed by atoms with Crippen LogP contribution in [0.25, 0.3) is 0 Å². The fourth-order valence-corrected chi connectivity index (χ4v) is 3.06. The summed E-state index contributed by atoms with van der Waals surface area (Å²) < 4.78 is 0. The minimum absolute atomic E-state index is 0.0821. The molecule has 1 aliphatic carbocycles. The van der Waals surface area contributed by atoms with Crippen molar-refractivity contribution in [1.82, 2.24) is 0 Å². The number of carboxylic acid groups (broad SMARTS) is 1. The second kappa shape index (κ2) is 3.93. The van der Waals surface area contributed by atoms with Crippen molar-refractivity contribution in [3.8, 4) is 0 Å². The maximum atomic E-state index is 11.0. The van der Waals surface area contributed by atoms with E-state index in [1.807, 2.05) is 6.07 Å². The van der Waals surface area contributed by atoms with Crippen LogP contribution in [-0.2, 0) is 10.2 Å². The Balaban J connectivity index is 2.44. The summed E-state index contributed by atoms with van der Waals surface area (Å²) in [6.07, 6.45) is 3.47. The molecule has 0 aromatic heterocycles. The average Bonchev–Trinajstić information content (AvgIpc) is 2.12. The second-order valence-corrected chi connectivity index (χ2v) is 4.97. The van der Waals surface area contributed by atoms with Crippen LogP contribution < -0.4 is 0 Å². The van der Waals surface area contributed by atoms with E-state index < -0.39 is 5.97 Å². The van der Waals surface area contributed by atoms with Crippen LogP contribution in [0.3, 0.4) is 0 Å². The normalized spacial score (nSPS) is 17.9. The zero-order chi connectivity index (χ0) is 11.8. The molecule has 0 unspecified atom stereocenters. The standard InChI is InChI=1S/C14H18O2/c1-10-5-3-6-11(2)13(10)14(7-4-8-14)9-12(15)16/h3,5-6H,4,7-9H2,1-2H3,(H,15,16). The number of rotatable bonds is 3. The highest BCUT2D eigenvalue weighted by molar-refractivity contribution is 5.70. The predicted molar refractivity (Wildman–Crippen MR) is 63.7 cm³/mol. The summed E-state index contributed by atoms with van der Waals surface area (Å²) in [5.74, 6) is -0.678. The first kappa shape index (κ1) is 11.2. The molecule has 2 rings (SSSR count). The fourth-order valence-electron chi connectivity index (χ4n) is 3.06. The van der Waals surface area contributed by atoms with Gasteiger partial charge in [-0.1, -0.05) is 24.6 Å². The summed E-state index contributed by atoms with van der Waals surface area (Å²) in [7, 11) is 0. The number of carboxylic acids is 1. The lowest BCUT2D eigenvalue weighted by Gasteiger charge is -2.43. The molecule has 0 spiro atoms. The van der Waals surface area contributed by atoms with E-state index in [9.17, 15) is 4.79 Å². The first-order valence-electron chi connectivity index (χ1n) is 5.84. The van der Waals surface area contributed by atoms with Crippen molar-refractivity contribution in [2.75, 3.05) is 0 Å². The van der Waals surface area contributed by atoms with E-state index in [2.05, 4.69) is 26.0 Å². The number of hydrogen-bond acceptors (Lipinski definition) is 1. The molecule has 1 N–H and O–H groups in total. The molecule has 1 aliphatic rings. The molecule has 0 radical (unpaired) electrons. The second-order valence-electron chi connectivity index (χ2n) is 4.97. The molecule has 86 valence electrons. The largest absolute Gasteiger partial charge is 0.481 e. The Hall–Kier alpha value is -1.31. The molecule has 1 saturated carbocycles. The van der Waals surface area contributed by atoms with Gasteiger partial charge in [-0.2, -0.15) is 0 Å². The lowest BCUT2D eigenvalue weighted by molar-refractivity contribution is -0.139. The van der Waals surface area contributed by atoms with Crippen LogP contribution >= 0.6 is 0 Å². The first-order chi connectivity index (χ1) is 7.55. The molecule has 1 aromatic carbocycles. The molecular formula is C14H18O2. The maximum Gasteiger partial charge on any atom is 0.304 e. The number of aryl methyl sites for hydroxylation is 2. The van der Waals surface area contributed by atoms with Gasteiger partial charge in [-0.3, -0.25) is 4.79 Å². The molecule has 1 fully saturated rings. The minimum atomic E-state index is -0.678. The van der Waals surface area contributed by atoms with E-state index in [1.54, 1.807) is 0 Å². The third-order valence-corrected chi connectivity index (χ3v) is 3.81. The smallest absolute Gasteiger partial charge is 0.304 e. The molecule has 2 nitrogen and oxygen atoms in total. The van der Waals surface area contributed by atoms with Crippen molar-refractivity contribution in [3.63, 3.8) is 0 Å². The van der Waals surface area contributed by atoms with Gasteiger partial charge >= 0.3 is 5.97 Å². The van der Waals surface area contributed by atoms with Crippen LogP contribution in [0.1, 0.15) is 42.4 Å². The van der Waals surface area contributed by atoms with Crippen LogP contribution in [0.2, 0.25) is 0 Å². The van der Waals surface area contributed by atoms with Crippen molar-refractivity contribution in [2.45, 2.75) is 44.9 Å². The Morgan fingerprint density at radius 2 is 1.88 bits per heavy atom. The Kier molecular flexibility index (Phi) is 2.75. The SMILES string of the molecule is Cc1cccc(C)c1C1(CC(=O)O)CCC1. The van der Waals surface area contributed by atoms with Gasteiger partial charge in [-0.05, 0) is 43.4 Å². The van der Waals surface area contributed by atoms with E-state index >= 15 is 0 Å². The average molecular weight is 218 g/mol. The Labute approximate surface area is 96.3 Å². The van der Waals surface area contributed by atoms with Crippen LogP contribution in [-0.4, -0.2) is 11.1 Å². The maximum absolute atomic E-state index is 11.0. The monoisotopic (exact) mass is 218 g/mol. The summed E-state index contributed by atoms with van der Waals surface area (Å²) in [6.45, 7) is 4.18. The number of carbonyl (C=O) groups is 1. The quantitative estimate of drug-likeness (QED) is 0.845. The molecule has 0 bridgehead atoms. The van der Waals surface area contributed by atoms with Crippen molar-refractivity contribution in [3.05, 3.63) is 34.9 Å². The molecular weight excluding hydrogens is 200 g/mol. The van der Waals surface area contributed by atoms with Gasteiger partial charge < -0.3 is 5.11 Å². The van der Waals surface area contributed by atoms with Crippen LogP contribution in [0.4, 0.5) is 0 Å². The van der Waals surface area contributed by atoms with E-state index in [0.717, 1.165) is 19.3 Å². The van der Waals surface area contributed by atoms with E-state index in [1.165, 1.54) is 16.7 Å². The van der Waals surface area contributed by atoms with Crippen molar-refractivity contribution < 1.29 is 9.90 Å². The van der Waals surface area contributed by atoms with Gasteiger partial charge in [0.25, 0.3) is 0 Å². The van der Waals surface area contributed by atoms with Gasteiger partial charge in [0.1, 0.15) is 0 Å². The first-order valence-corrected chi connectivity index (χ1v) is 5.84. The van der Waals surface area contributed by atoms with E-state index in [4.69, 9.17) is 5.11 Å². The minimum Gasteiger partial charge on any atom is -0.481 e. The third-order valence-electron chi connectivity index (χ3n) is 3.81. The summed E-state index contributed by atoms with van der Waals surface area (Å²) in [5, 5.41) is 9.06. The zero-order valence-corrected chi connectivity index (χ0v) is 9.92. The van der Waals surface area contributed by atoms with Gasteiger partial charge in [0, 0.05) is 5.41 Å². The molecule has 16 heavy (non-hydrogen) atoms. The van der Waals surface area contributed by atoms with E-state index in [0.29, 0.717) is 0 Å². The molecule has 1 aromatic rings. The molecule has 0 aliphatic heterocycles. The number of aliphatic carboxylic acids is 1. The van der Waals surface area contributed by atoms with Crippen molar-refractivity contribution in [1.29, 1.82) is 0 Å². The lowest BCUT2D eigenvalue weighted by atomic mass is 9.60. The van der Waals surface area contributed by atoms with Gasteiger partial charge in [-0.25, -0.2) is 0 Å². The summed E-state index contributed by atoms with van der Waals surface area (Å²) >= 11 is 0. The summed E-state index contributed by atoms with van der Waals surface area (Å²) in [5.41, 5.74) is 3.67. The number of benzene rings is 1. The van der Waals surface area contributed by atoms with E-state index in [-0.39, 0.29) is 11.8 Å². The molecule has 0 heterocycles. The van der Waals surface area contributed by atoms with Gasteiger partial charge in [-0.15, -0.1) is 0 Å². The highest BCUT2D eigenvalue weighted by Crippen LogP contribution is 2.48. The highest BCUT2D eigenvalue weighted by Gasteiger charge is 2.42. The van der Waals surface area contributed by atoms with Crippen molar-refractivity contribution >= 4 is 5.97 Å². The van der Waals surface area contributed by atoms with Gasteiger partial charge in [0.15, 0.2) is 0 Å². The Bertz CT molecular complexity index is 396. The fraction of sp³-hybridized carbons (Fsp3) is 0.500. The van der Waals surface area contributed by atoms with Crippen molar-refractivity contribution in [2.24, 2.45) is 0 Å².